The van der Waals surface area contributed by atoms with Gasteiger partial charge in [0.05, 0.1) is 12.1 Å². The number of benzene rings is 1. The van der Waals surface area contributed by atoms with E-state index in [0.717, 1.165) is 18.6 Å². The number of hydrogen-bond acceptors (Lipinski definition) is 2. The maximum absolute atomic E-state index is 12.2. The average Bonchev–Trinajstić information content (AvgIpc) is 3.02. The number of halogens is 1. The molecule has 2 amide bonds. The van der Waals surface area contributed by atoms with Crippen LogP contribution in [0.4, 0.5) is 4.79 Å². The second-order valence-electron chi connectivity index (χ2n) is 5.36. The number of alkyl halides is 1. The summed E-state index contributed by atoms with van der Waals surface area (Å²) in [4.78, 5) is 15.5. The van der Waals surface area contributed by atoms with E-state index in [-0.39, 0.29) is 18.1 Å². The number of thioether (sulfide) groups is 1. The fourth-order valence-electron chi connectivity index (χ4n) is 2.87. The molecule has 1 aromatic carbocycles. The molecule has 2 atom stereocenters. The van der Waals surface area contributed by atoms with Crippen molar-refractivity contribution in [2.45, 2.75) is 31.5 Å². The van der Waals surface area contributed by atoms with Gasteiger partial charge in [-0.25, -0.2) is 4.79 Å². The summed E-state index contributed by atoms with van der Waals surface area (Å²) in [5.74, 6) is 1.65. The van der Waals surface area contributed by atoms with E-state index >= 15 is 0 Å². The first-order valence-corrected chi connectivity index (χ1v) is 8.81. The van der Waals surface area contributed by atoms with Crippen molar-refractivity contribution in [2.75, 3.05) is 11.6 Å². The van der Waals surface area contributed by atoms with Gasteiger partial charge in [0.1, 0.15) is 0 Å². The number of hydrogen-bond donors (Lipinski definition) is 1. The Labute approximate surface area is 134 Å². The van der Waals surface area contributed by atoms with Crippen LogP contribution in [0.5, 0.6) is 0 Å². The first kappa shape index (κ1) is 14.8. The maximum Gasteiger partial charge on any atom is 0.318 e. The SMILES string of the molecule is O=C1NC2CSC(=CCCCCl)[C@H]2N1Cc1ccccc1. The minimum atomic E-state index is 0.0531. The molecule has 112 valence electrons. The van der Waals surface area contributed by atoms with Crippen LogP contribution in [-0.2, 0) is 6.54 Å². The fraction of sp³-hybridized carbons (Fsp3) is 0.438. The highest BCUT2D eigenvalue weighted by atomic mass is 35.5. The van der Waals surface area contributed by atoms with Gasteiger partial charge in [-0.1, -0.05) is 36.4 Å². The predicted molar refractivity (Wildman–Crippen MR) is 88.6 cm³/mol. The van der Waals surface area contributed by atoms with Crippen LogP contribution >= 0.6 is 23.4 Å². The highest BCUT2D eigenvalue weighted by Gasteiger charge is 2.45. The number of nitrogens with one attached hydrogen (secondary N) is 1. The lowest BCUT2D eigenvalue weighted by Crippen LogP contribution is -2.34. The lowest BCUT2D eigenvalue weighted by Gasteiger charge is -2.23. The quantitative estimate of drug-likeness (QED) is 0.510. The van der Waals surface area contributed by atoms with E-state index in [1.807, 2.05) is 34.9 Å². The summed E-state index contributed by atoms with van der Waals surface area (Å²) in [6.45, 7) is 0.668. The summed E-state index contributed by atoms with van der Waals surface area (Å²) in [6, 6.07) is 10.7. The second-order valence-corrected chi connectivity index (χ2v) is 6.83. The van der Waals surface area contributed by atoms with Crippen molar-refractivity contribution in [3.63, 3.8) is 0 Å². The predicted octanol–water partition coefficient (Wildman–Crippen LogP) is 3.60. The number of fused-ring (bicyclic) bond motifs is 1. The number of nitrogens with zero attached hydrogens (tertiary/aromatic N) is 1. The first-order valence-electron chi connectivity index (χ1n) is 7.29. The largest absolute Gasteiger partial charge is 0.332 e. The van der Waals surface area contributed by atoms with Gasteiger partial charge in [-0.3, -0.25) is 0 Å². The molecular formula is C16H19ClN2OS. The number of amides is 2. The number of allylic oxidation sites excluding steroid dienone is 1. The van der Waals surface area contributed by atoms with Crippen LogP contribution < -0.4 is 5.32 Å². The highest BCUT2D eigenvalue weighted by molar-refractivity contribution is 8.03. The third-order valence-corrected chi connectivity index (χ3v) is 5.42. The molecule has 0 aromatic heterocycles. The molecule has 0 bridgehead atoms. The van der Waals surface area contributed by atoms with E-state index < -0.39 is 0 Å². The average molecular weight is 323 g/mol. The molecule has 0 spiro atoms. The zero-order chi connectivity index (χ0) is 14.7. The summed E-state index contributed by atoms with van der Waals surface area (Å²) < 4.78 is 0. The molecule has 1 N–H and O–H groups in total. The van der Waals surface area contributed by atoms with Crippen molar-refractivity contribution in [3.8, 4) is 0 Å². The van der Waals surface area contributed by atoms with Crippen molar-refractivity contribution in [1.29, 1.82) is 0 Å². The summed E-state index contributed by atoms with van der Waals surface area (Å²) in [5.41, 5.74) is 1.17. The normalized spacial score (nSPS) is 26.2. The molecular weight excluding hydrogens is 304 g/mol. The van der Waals surface area contributed by atoms with Crippen LogP contribution in [0.25, 0.3) is 0 Å². The topological polar surface area (TPSA) is 32.3 Å². The molecule has 2 fully saturated rings. The van der Waals surface area contributed by atoms with Crippen LogP contribution in [-0.4, -0.2) is 34.6 Å². The Kier molecular flexibility index (Phi) is 4.76. The van der Waals surface area contributed by atoms with E-state index in [9.17, 15) is 4.79 Å². The van der Waals surface area contributed by atoms with Crippen molar-refractivity contribution < 1.29 is 4.79 Å². The van der Waals surface area contributed by atoms with Crippen molar-refractivity contribution >= 4 is 29.4 Å². The molecule has 2 aliphatic heterocycles. The van der Waals surface area contributed by atoms with E-state index in [1.54, 1.807) is 0 Å². The van der Waals surface area contributed by atoms with Crippen LogP contribution in [0.2, 0.25) is 0 Å². The smallest absolute Gasteiger partial charge is 0.318 e. The van der Waals surface area contributed by atoms with Gasteiger partial charge < -0.3 is 10.2 Å². The maximum atomic E-state index is 12.2. The van der Waals surface area contributed by atoms with Gasteiger partial charge in [0.25, 0.3) is 0 Å². The zero-order valence-electron chi connectivity index (χ0n) is 11.8. The fourth-order valence-corrected chi connectivity index (χ4v) is 4.36. The first-order chi connectivity index (χ1) is 10.3. The lowest BCUT2D eigenvalue weighted by molar-refractivity contribution is 0.207. The van der Waals surface area contributed by atoms with E-state index in [4.69, 9.17) is 11.6 Å². The molecule has 5 heteroatoms. The molecule has 0 aliphatic carbocycles. The monoisotopic (exact) mass is 322 g/mol. The number of carbonyl (C=O) groups is 1. The van der Waals surface area contributed by atoms with Gasteiger partial charge in [-0.2, -0.15) is 0 Å². The van der Waals surface area contributed by atoms with Gasteiger partial charge in [0, 0.05) is 23.1 Å². The Bertz CT molecular complexity index is 534. The number of urea groups is 1. The minimum Gasteiger partial charge on any atom is -0.332 e. The molecule has 3 nitrogen and oxygen atoms in total. The number of unbranched alkanes of at least 4 members (excludes halogenated alkanes) is 1. The number of rotatable bonds is 5. The van der Waals surface area contributed by atoms with Crippen LogP contribution in [0.15, 0.2) is 41.3 Å². The van der Waals surface area contributed by atoms with Crippen LogP contribution in [0, 0.1) is 0 Å². The highest BCUT2D eigenvalue weighted by Crippen LogP contribution is 2.39. The van der Waals surface area contributed by atoms with Gasteiger partial charge >= 0.3 is 6.03 Å². The minimum absolute atomic E-state index is 0.0531. The molecule has 2 heterocycles. The Balaban J connectivity index is 1.75. The van der Waals surface area contributed by atoms with Gasteiger partial charge in [-0.15, -0.1) is 23.4 Å². The summed E-state index contributed by atoms with van der Waals surface area (Å²) in [6.07, 6.45) is 4.24. The third-order valence-electron chi connectivity index (χ3n) is 3.89. The Morgan fingerprint density at radius 2 is 2.19 bits per heavy atom. The van der Waals surface area contributed by atoms with E-state index in [2.05, 4.69) is 23.5 Å². The molecule has 1 aromatic rings. The summed E-state index contributed by atoms with van der Waals surface area (Å²) in [7, 11) is 0. The van der Waals surface area contributed by atoms with Crippen molar-refractivity contribution in [1.82, 2.24) is 10.2 Å². The summed E-state index contributed by atoms with van der Waals surface area (Å²) >= 11 is 7.61. The molecule has 2 aliphatic rings. The van der Waals surface area contributed by atoms with Crippen molar-refractivity contribution in [2.24, 2.45) is 0 Å². The van der Waals surface area contributed by atoms with Gasteiger partial charge in [-0.05, 0) is 18.4 Å². The van der Waals surface area contributed by atoms with Crippen LogP contribution in [0.1, 0.15) is 18.4 Å². The molecule has 21 heavy (non-hydrogen) atoms. The standard InChI is InChI=1S/C16H19ClN2OS/c17-9-5-4-8-14-15-13(11-21-14)18-16(20)19(15)10-12-6-2-1-3-7-12/h1-3,6-8,13,15H,4-5,9-11H2,(H,18,20)/t13?,15-/m0/s1. The molecule has 3 rings (SSSR count). The zero-order valence-corrected chi connectivity index (χ0v) is 13.4. The van der Waals surface area contributed by atoms with E-state index in [1.165, 1.54) is 10.5 Å². The molecule has 0 saturated carbocycles. The lowest BCUT2D eigenvalue weighted by atomic mass is 10.1. The number of carbonyl (C=O) groups excluding carboxylic acids is 1. The Morgan fingerprint density at radius 1 is 1.38 bits per heavy atom. The third kappa shape index (κ3) is 3.22. The molecule has 1 unspecified atom stereocenters. The summed E-state index contributed by atoms with van der Waals surface area (Å²) in [5, 5.41) is 3.11. The molecule has 0 radical (unpaired) electrons. The van der Waals surface area contributed by atoms with Gasteiger partial charge in [0.2, 0.25) is 0 Å². The Hall–Kier alpha value is -1.13. The van der Waals surface area contributed by atoms with E-state index in [0.29, 0.717) is 12.4 Å². The second kappa shape index (κ2) is 6.75. The van der Waals surface area contributed by atoms with Crippen LogP contribution in [0.3, 0.4) is 0 Å². The van der Waals surface area contributed by atoms with Crippen molar-refractivity contribution in [3.05, 3.63) is 46.9 Å². The Morgan fingerprint density at radius 3 is 2.95 bits per heavy atom. The molecule has 2 saturated heterocycles. The van der Waals surface area contributed by atoms with Gasteiger partial charge in [0.15, 0.2) is 0 Å².